The molecule has 0 amide bonds. The van der Waals surface area contributed by atoms with E-state index < -0.39 is 5.69 Å². The van der Waals surface area contributed by atoms with Crippen LogP contribution in [0.2, 0.25) is 0 Å². The SMILES string of the molecule is Cc1ccc(C(C)C)c(OP(=S)([S-])OCC[N+](C)(C)C)c1. The first-order chi connectivity index (χ1) is 9.50. The summed E-state index contributed by atoms with van der Waals surface area (Å²) in [4.78, 5) is 0. The van der Waals surface area contributed by atoms with Gasteiger partial charge >= 0.3 is 0 Å². The first-order valence-corrected chi connectivity index (χ1v) is 10.7. The Hall–Kier alpha value is -0.0600. The van der Waals surface area contributed by atoms with Crippen molar-refractivity contribution in [3.63, 3.8) is 0 Å². The summed E-state index contributed by atoms with van der Waals surface area (Å²) in [5.41, 5.74) is -0.430. The van der Waals surface area contributed by atoms with E-state index in [0.29, 0.717) is 12.5 Å². The van der Waals surface area contributed by atoms with Crippen LogP contribution in [0.1, 0.15) is 30.9 Å². The molecular weight excluding hydrogens is 321 g/mol. The molecule has 1 atom stereocenters. The molecule has 1 unspecified atom stereocenters. The van der Waals surface area contributed by atoms with Gasteiger partial charge in [0, 0.05) is 0 Å². The molecule has 0 aliphatic heterocycles. The van der Waals surface area contributed by atoms with Gasteiger partial charge in [0.2, 0.25) is 0 Å². The predicted octanol–water partition coefficient (Wildman–Crippen LogP) is 3.99. The van der Waals surface area contributed by atoms with E-state index in [1.54, 1.807) is 0 Å². The van der Waals surface area contributed by atoms with Crippen molar-refractivity contribution in [2.45, 2.75) is 26.7 Å². The van der Waals surface area contributed by atoms with Crippen LogP contribution in [-0.4, -0.2) is 38.8 Å². The third kappa shape index (κ3) is 7.16. The Morgan fingerprint density at radius 1 is 1.29 bits per heavy atom. The van der Waals surface area contributed by atoms with Crippen molar-refractivity contribution in [2.75, 3.05) is 34.3 Å². The maximum Gasteiger partial charge on any atom is 0.128 e. The van der Waals surface area contributed by atoms with E-state index >= 15 is 0 Å². The van der Waals surface area contributed by atoms with Crippen molar-refractivity contribution >= 4 is 29.7 Å². The molecule has 0 radical (unpaired) electrons. The summed E-state index contributed by atoms with van der Waals surface area (Å²) >= 11 is 10.8. The third-order valence-electron chi connectivity index (χ3n) is 3.01. The normalized spacial score (nSPS) is 15.0. The van der Waals surface area contributed by atoms with Crippen LogP contribution in [0.25, 0.3) is 0 Å². The Morgan fingerprint density at radius 2 is 1.90 bits per heavy atom. The molecule has 21 heavy (non-hydrogen) atoms. The van der Waals surface area contributed by atoms with Gasteiger partial charge in [0.15, 0.2) is 0 Å². The van der Waals surface area contributed by atoms with Crippen LogP contribution < -0.4 is 4.52 Å². The van der Waals surface area contributed by atoms with Crippen molar-refractivity contribution in [1.82, 2.24) is 0 Å². The first kappa shape index (κ1) is 19.0. The second-order valence-corrected chi connectivity index (χ2v) is 11.5. The van der Waals surface area contributed by atoms with Crippen LogP contribution in [0.5, 0.6) is 5.75 Å². The number of hydrogen-bond acceptors (Lipinski definition) is 4. The average molecular weight is 347 g/mol. The van der Waals surface area contributed by atoms with Gasteiger partial charge in [0.05, 0.1) is 21.1 Å². The number of quaternary nitrogens is 1. The van der Waals surface area contributed by atoms with Crippen LogP contribution in [0, 0.1) is 6.92 Å². The highest BCUT2D eigenvalue weighted by molar-refractivity contribution is 8.51. The summed E-state index contributed by atoms with van der Waals surface area (Å²) < 4.78 is 12.4. The molecule has 6 heteroatoms. The molecule has 0 saturated heterocycles. The van der Waals surface area contributed by atoms with Crippen molar-refractivity contribution in [3.05, 3.63) is 29.3 Å². The quantitative estimate of drug-likeness (QED) is 0.421. The smallest absolute Gasteiger partial charge is 0.128 e. The molecule has 0 fully saturated rings. The Morgan fingerprint density at radius 3 is 2.43 bits per heavy atom. The Bertz CT molecular complexity index is 527. The average Bonchev–Trinajstić information content (AvgIpc) is 2.25. The van der Waals surface area contributed by atoms with E-state index in [-0.39, 0.29) is 0 Å². The Kier molecular flexibility index (Phi) is 6.76. The van der Waals surface area contributed by atoms with Crippen LogP contribution in [0.3, 0.4) is 0 Å². The van der Waals surface area contributed by atoms with E-state index in [9.17, 15) is 0 Å². The molecule has 1 aromatic rings. The van der Waals surface area contributed by atoms with E-state index in [0.717, 1.165) is 27.9 Å². The lowest BCUT2D eigenvalue weighted by atomic mass is 10.0. The molecule has 0 aliphatic rings. The maximum absolute atomic E-state index is 5.90. The monoisotopic (exact) mass is 347 g/mol. The predicted molar refractivity (Wildman–Crippen MR) is 96.4 cm³/mol. The summed E-state index contributed by atoms with van der Waals surface area (Å²) in [6.45, 7) is 7.66. The molecule has 0 aliphatic carbocycles. The molecule has 0 heterocycles. The largest absolute Gasteiger partial charge is 0.678 e. The van der Waals surface area contributed by atoms with Gasteiger partial charge in [-0.1, -0.05) is 37.8 Å². The number of aryl methyl sites for hydroxylation is 1. The second kappa shape index (κ2) is 7.47. The van der Waals surface area contributed by atoms with Crippen molar-refractivity contribution in [2.24, 2.45) is 0 Å². The van der Waals surface area contributed by atoms with Gasteiger partial charge < -0.3 is 25.8 Å². The highest BCUT2D eigenvalue weighted by Crippen LogP contribution is 2.48. The van der Waals surface area contributed by atoms with Gasteiger partial charge in [0.25, 0.3) is 0 Å². The van der Waals surface area contributed by atoms with Crippen molar-refractivity contribution < 1.29 is 13.5 Å². The molecule has 0 aromatic heterocycles. The summed E-state index contributed by atoms with van der Waals surface area (Å²) in [5, 5.41) is 0. The van der Waals surface area contributed by atoms with Gasteiger partial charge in [-0.05, 0) is 30.0 Å². The lowest BCUT2D eigenvalue weighted by Gasteiger charge is -2.32. The molecule has 1 rings (SSSR count). The zero-order chi connectivity index (χ0) is 16.3. The van der Waals surface area contributed by atoms with Crippen LogP contribution in [-0.2, 0) is 28.6 Å². The minimum Gasteiger partial charge on any atom is -0.678 e. The minimum atomic E-state index is -2.68. The number of likely N-dealkylation sites (N-methyl/N-ethyl adjacent to an activating group) is 1. The third-order valence-corrected chi connectivity index (χ3v) is 5.01. The topological polar surface area (TPSA) is 18.5 Å². The number of nitrogens with zero attached hydrogens (tertiary/aromatic N) is 1. The number of hydrogen-bond donors (Lipinski definition) is 0. The maximum atomic E-state index is 5.90. The van der Waals surface area contributed by atoms with Crippen LogP contribution in [0.4, 0.5) is 0 Å². The zero-order valence-electron chi connectivity index (χ0n) is 13.8. The highest BCUT2D eigenvalue weighted by Gasteiger charge is 2.14. The lowest BCUT2D eigenvalue weighted by molar-refractivity contribution is -0.870. The molecule has 0 spiro atoms. The Labute approximate surface area is 139 Å². The lowest BCUT2D eigenvalue weighted by Crippen LogP contribution is -2.37. The van der Waals surface area contributed by atoms with Crippen LogP contribution in [0.15, 0.2) is 18.2 Å². The van der Waals surface area contributed by atoms with E-state index in [2.05, 4.69) is 47.1 Å². The molecule has 1 aromatic carbocycles. The van der Waals surface area contributed by atoms with Gasteiger partial charge in [-0.3, -0.25) is 0 Å². The van der Waals surface area contributed by atoms with Crippen LogP contribution >= 0.6 is 5.69 Å². The van der Waals surface area contributed by atoms with E-state index in [1.807, 2.05) is 13.0 Å². The molecule has 3 nitrogen and oxygen atoms in total. The fourth-order valence-electron chi connectivity index (χ4n) is 1.77. The number of rotatable bonds is 7. The number of benzene rings is 1. The van der Waals surface area contributed by atoms with Gasteiger partial charge in [0.1, 0.15) is 24.6 Å². The zero-order valence-corrected chi connectivity index (χ0v) is 16.3. The first-order valence-electron chi connectivity index (χ1n) is 7.06. The van der Waals surface area contributed by atoms with Gasteiger partial charge in [-0.2, -0.15) is 0 Å². The summed E-state index contributed by atoms with van der Waals surface area (Å²) in [6, 6.07) is 6.14. The summed E-state index contributed by atoms with van der Waals surface area (Å²) in [7, 11) is 6.32. The standard InChI is InChI=1S/C15H26NO2PS2/c1-12(2)14-8-7-13(3)11-15(14)18-19(20,21)17-10-9-16(4,5)6/h7-8,11-12H,9-10H2,1-6H3. The minimum absolute atomic E-state index is 0.358. The molecular formula is C15H26NO2PS2. The van der Waals surface area contributed by atoms with E-state index in [4.69, 9.17) is 33.1 Å². The Balaban J connectivity index is 2.79. The van der Waals surface area contributed by atoms with Crippen molar-refractivity contribution in [3.8, 4) is 5.75 Å². The molecule has 0 saturated carbocycles. The van der Waals surface area contributed by atoms with Crippen molar-refractivity contribution in [1.29, 1.82) is 0 Å². The molecule has 120 valence electrons. The van der Waals surface area contributed by atoms with E-state index in [1.165, 1.54) is 0 Å². The second-order valence-electron chi connectivity index (χ2n) is 6.58. The van der Waals surface area contributed by atoms with Gasteiger partial charge in [-0.15, -0.1) is 0 Å². The molecule has 0 bridgehead atoms. The molecule has 0 N–H and O–H groups in total. The fraction of sp³-hybridized carbons (Fsp3) is 0.600. The van der Waals surface area contributed by atoms with Gasteiger partial charge in [-0.25, -0.2) is 0 Å². The summed E-state index contributed by atoms with van der Waals surface area (Å²) in [5.74, 6) is 1.13. The fourth-order valence-corrected chi connectivity index (χ4v) is 3.46. The highest BCUT2D eigenvalue weighted by atomic mass is 32.9. The summed E-state index contributed by atoms with van der Waals surface area (Å²) in [6.07, 6.45) is 0.